The van der Waals surface area contributed by atoms with Crippen LogP contribution in [0.25, 0.3) is 0 Å². The number of anilines is 1. The number of rotatable bonds is 4. The van der Waals surface area contributed by atoms with Crippen LogP contribution in [-0.4, -0.2) is 29.5 Å². The molecule has 0 spiro atoms. The lowest BCUT2D eigenvalue weighted by molar-refractivity contribution is 0.196. The van der Waals surface area contributed by atoms with Gasteiger partial charge in [-0.05, 0) is 18.1 Å². The van der Waals surface area contributed by atoms with Gasteiger partial charge in [0.15, 0.2) is 0 Å². The molecule has 1 rings (SSSR count). The number of hydrogen-bond acceptors (Lipinski definition) is 2. The molecule has 1 aromatic carbocycles. The van der Waals surface area contributed by atoms with E-state index in [1.165, 1.54) is 4.90 Å². The lowest BCUT2D eigenvalue weighted by Gasteiger charge is -2.22. The summed E-state index contributed by atoms with van der Waals surface area (Å²) < 4.78 is 0. The van der Waals surface area contributed by atoms with Crippen LogP contribution in [0, 0.1) is 5.92 Å². The summed E-state index contributed by atoms with van der Waals surface area (Å²) in [4.78, 5) is 12.2. The molecule has 1 aromatic rings. The SMILES string of the molecule is C[C@H](CO)CN(C(=O)O)c1ccccc1. The third kappa shape index (κ3) is 3.25. The Morgan fingerprint density at radius 1 is 1.40 bits per heavy atom. The highest BCUT2D eigenvalue weighted by Crippen LogP contribution is 2.15. The molecule has 1 amide bonds. The van der Waals surface area contributed by atoms with E-state index in [0.717, 1.165) is 0 Å². The highest BCUT2D eigenvalue weighted by molar-refractivity contribution is 5.85. The standard InChI is InChI=1S/C11H15NO3/c1-9(8-13)7-12(11(14)15)10-5-3-2-4-6-10/h2-6,9,13H,7-8H2,1H3,(H,14,15)/t9-/m0/s1. The van der Waals surface area contributed by atoms with Gasteiger partial charge in [-0.15, -0.1) is 0 Å². The van der Waals surface area contributed by atoms with Crippen LogP contribution in [0.3, 0.4) is 0 Å². The molecule has 0 radical (unpaired) electrons. The average Bonchev–Trinajstić information content (AvgIpc) is 2.26. The van der Waals surface area contributed by atoms with Crippen LogP contribution in [0.15, 0.2) is 30.3 Å². The van der Waals surface area contributed by atoms with E-state index in [1.54, 1.807) is 31.2 Å². The number of aliphatic hydroxyl groups excluding tert-OH is 1. The van der Waals surface area contributed by atoms with Crippen LogP contribution < -0.4 is 4.90 Å². The molecular formula is C11H15NO3. The molecule has 0 aliphatic carbocycles. The lowest BCUT2D eigenvalue weighted by atomic mass is 10.2. The molecular weight excluding hydrogens is 194 g/mol. The number of hydrogen-bond donors (Lipinski definition) is 2. The van der Waals surface area contributed by atoms with Gasteiger partial charge >= 0.3 is 6.09 Å². The van der Waals surface area contributed by atoms with Crippen LogP contribution >= 0.6 is 0 Å². The Morgan fingerprint density at radius 3 is 2.47 bits per heavy atom. The molecule has 1 atom stereocenters. The number of nitrogens with zero attached hydrogens (tertiary/aromatic N) is 1. The molecule has 2 N–H and O–H groups in total. The van der Waals surface area contributed by atoms with Gasteiger partial charge in [0.05, 0.1) is 0 Å². The van der Waals surface area contributed by atoms with E-state index >= 15 is 0 Å². The second kappa shape index (κ2) is 5.36. The molecule has 4 nitrogen and oxygen atoms in total. The van der Waals surface area contributed by atoms with Crippen molar-refractivity contribution in [2.45, 2.75) is 6.92 Å². The summed E-state index contributed by atoms with van der Waals surface area (Å²) in [6, 6.07) is 8.87. The van der Waals surface area contributed by atoms with Crippen LogP contribution in [0.2, 0.25) is 0 Å². The number of carbonyl (C=O) groups is 1. The Labute approximate surface area is 88.8 Å². The van der Waals surface area contributed by atoms with Crippen LogP contribution in [0.4, 0.5) is 10.5 Å². The van der Waals surface area contributed by atoms with E-state index in [2.05, 4.69) is 0 Å². The normalized spacial score (nSPS) is 12.1. The third-order valence-electron chi connectivity index (χ3n) is 2.10. The number of carboxylic acid groups (broad SMARTS) is 1. The van der Waals surface area contributed by atoms with Crippen molar-refractivity contribution in [3.8, 4) is 0 Å². The summed E-state index contributed by atoms with van der Waals surface area (Å²) >= 11 is 0. The maximum atomic E-state index is 11.0. The molecule has 4 heteroatoms. The van der Waals surface area contributed by atoms with Crippen LogP contribution in [0.5, 0.6) is 0 Å². The van der Waals surface area contributed by atoms with Gasteiger partial charge in [-0.1, -0.05) is 25.1 Å². The van der Waals surface area contributed by atoms with Crippen molar-refractivity contribution in [3.05, 3.63) is 30.3 Å². The zero-order valence-electron chi connectivity index (χ0n) is 8.63. The highest BCUT2D eigenvalue weighted by atomic mass is 16.4. The zero-order valence-corrected chi connectivity index (χ0v) is 8.63. The minimum Gasteiger partial charge on any atom is -0.465 e. The predicted molar refractivity (Wildman–Crippen MR) is 58.1 cm³/mol. The lowest BCUT2D eigenvalue weighted by Crippen LogP contribution is -2.34. The smallest absolute Gasteiger partial charge is 0.411 e. The van der Waals surface area contributed by atoms with E-state index in [4.69, 9.17) is 10.2 Å². The van der Waals surface area contributed by atoms with Gasteiger partial charge in [-0.25, -0.2) is 4.79 Å². The monoisotopic (exact) mass is 209 g/mol. The Balaban J connectivity index is 2.80. The van der Waals surface area contributed by atoms with Gasteiger partial charge in [-0.3, -0.25) is 4.90 Å². The number of para-hydroxylation sites is 1. The number of aliphatic hydroxyl groups is 1. The summed E-state index contributed by atoms with van der Waals surface area (Å²) in [5, 5.41) is 17.9. The first-order valence-corrected chi connectivity index (χ1v) is 4.81. The first-order valence-electron chi connectivity index (χ1n) is 4.81. The maximum Gasteiger partial charge on any atom is 0.411 e. The third-order valence-corrected chi connectivity index (χ3v) is 2.10. The average molecular weight is 209 g/mol. The summed E-state index contributed by atoms with van der Waals surface area (Å²) in [5.74, 6) is -0.0682. The molecule has 0 heterocycles. The molecule has 0 bridgehead atoms. The zero-order chi connectivity index (χ0) is 11.3. The summed E-state index contributed by atoms with van der Waals surface area (Å²) in [6.45, 7) is 2.09. The van der Waals surface area contributed by atoms with Gasteiger partial charge in [0, 0.05) is 18.8 Å². The molecule has 0 unspecified atom stereocenters. The summed E-state index contributed by atoms with van der Waals surface area (Å²) in [6.07, 6.45) is -0.999. The van der Waals surface area contributed by atoms with E-state index in [9.17, 15) is 4.79 Å². The van der Waals surface area contributed by atoms with Gasteiger partial charge < -0.3 is 10.2 Å². The fourth-order valence-corrected chi connectivity index (χ4v) is 1.27. The number of amides is 1. The molecule has 0 aromatic heterocycles. The minimum atomic E-state index is -0.999. The van der Waals surface area contributed by atoms with Crippen molar-refractivity contribution in [2.75, 3.05) is 18.1 Å². The van der Waals surface area contributed by atoms with Crippen molar-refractivity contribution in [1.82, 2.24) is 0 Å². The van der Waals surface area contributed by atoms with Gasteiger partial charge in [0.2, 0.25) is 0 Å². The Morgan fingerprint density at radius 2 is 2.00 bits per heavy atom. The van der Waals surface area contributed by atoms with E-state index in [-0.39, 0.29) is 12.5 Å². The largest absolute Gasteiger partial charge is 0.465 e. The van der Waals surface area contributed by atoms with Crippen LogP contribution in [0.1, 0.15) is 6.92 Å². The van der Waals surface area contributed by atoms with E-state index in [0.29, 0.717) is 12.2 Å². The quantitative estimate of drug-likeness (QED) is 0.794. The van der Waals surface area contributed by atoms with Gasteiger partial charge in [0.25, 0.3) is 0 Å². The van der Waals surface area contributed by atoms with E-state index < -0.39 is 6.09 Å². The fourth-order valence-electron chi connectivity index (χ4n) is 1.27. The molecule has 0 saturated heterocycles. The Kier molecular flexibility index (Phi) is 4.12. The topological polar surface area (TPSA) is 60.8 Å². The molecule has 0 saturated carbocycles. The van der Waals surface area contributed by atoms with Crippen molar-refractivity contribution in [3.63, 3.8) is 0 Å². The van der Waals surface area contributed by atoms with Gasteiger partial charge in [-0.2, -0.15) is 0 Å². The number of benzene rings is 1. The first kappa shape index (κ1) is 11.5. The van der Waals surface area contributed by atoms with Crippen molar-refractivity contribution in [1.29, 1.82) is 0 Å². The fraction of sp³-hybridized carbons (Fsp3) is 0.364. The first-order chi connectivity index (χ1) is 7.15. The molecule has 0 aliphatic rings. The van der Waals surface area contributed by atoms with E-state index in [1.807, 2.05) is 6.07 Å². The predicted octanol–water partition coefficient (Wildman–Crippen LogP) is 1.80. The van der Waals surface area contributed by atoms with Crippen LogP contribution in [-0.2, 0) is 0 Å². The Bertz CT molecular complexity index is 313. The minimum absolute atomic E-state index is 0.0172. The van der Waals surface area contributed by atoms with Gasteiger partial charge in [0.1, 0.15) is 0 Å². The highest BCUT2D eigenvalue weighted by Gasteiger charge is 2.16. The second-order valence-electron chi connectivity index (χ2n) is 3.52. The van der Waals surface area contributed by atoms with Crippen molar-refractivity contribution < 1.29 is 15.0 Å². The molecule has 0 aliphatic heterocycles. The summed E-state index contributed by atoms with van der Waals surface area (Å²) in [5.41, 5.74) is 0.630. The maximum absolute atomic E-state index is 11.0. The molecule has 15 heavy (non-hydrogen) atoms. The van der Waals surface area contributed by atoms with Crippen molar-refractivity contribution in [2.24, 2.45) is 5.92 Å². The Hall–Kier alpha value is -1.55. The molecule has 0 fully saturated rings. The summed E-state index contributed by atoms with van der Waals surface area (Å²) in [7, 11) is 0. The second-order valence-corrected chi connectivity index (χ2v) is 3.52. The van der Waals surface area contributed by atoms with Crippen molar-refractivity contribution >= 4 is 11.8 Å². The molecule has 82 valence electrons.